The van der Waals surface area contributed by atoms with Crippen molar-refractivity contribution in [2.75, 3.05) is 0 Å². The Labute approximate surface area is 226 Å². The van der Waals surface area contributed by atoms with Crippen molar-refractivity contribution in [3.8, 4) is 11.8 Å². The van der Waals surface area contributed by atoms with Gasteiger partial charge in [0.15, 0.2) is 7.14 Å². The second-order valence-corrected chi connectivity index (χ2v) is 12.2. The minimum atomic E-state index is -3.20. The van der Waals surface area contributed by atoms with Crippen molar-refractivity contribution in [3.05, 3.63) is 155 Å². The predicted octanol–water partition coefficient (Wildman–Crippen LogP) is 8.51. The first kappa shape index (κ1) is 25.6. The second-order valence-electron chi connectivity index (χ2n) is 9.46. The largest absolute Gasteiger partial charge is 0.308 e. The zero-order valence-corrected chi connectivity index (χ0v) is 22.4. The maximum atomic E-state index is 15.3. The molecule has 0 unspecified atom stereocenters. The Morgan fingerprint density at radius 3 is 1.74 bits per heavy atom. The first-order valence-electron chi connectivity index (χ1n) is 13.3. The highest BCUT2D eigenvalue weighted by atomic mass is 31.2. The van der Waals surface area contributed by atoms with Gasteiger partial charge in [-0.2, -0.15) is 0 Å². The van der Waals surface area contributed by atoms with E-state index in [-0.39, 0.29) is 0 Å². The van der Waals surface area contributed by atoms with Crippen LogP contribution in [0.5, 0.6) is 0 Å². The summed E-state index contributed by atoms with van der Waals surface area (Å²) in [4.78, 5) is 0. The van der Waals surface area contributed by atoms with E-state index in [9.17, 15) is 0 Å². The molecule has 5 rings (SSSR count). The summed E-state index contributed by atoms with van der Waals surface area (Å²) in [6.07, 6.45) is 7.44. The predicted molar refractivity (Wildman–Crippen MR) is 161 cm³/mol. The Morgan fingerprint density at radius 1 is 0.605 bits per heavy atom. The van der Waals surface area contributed by atoms with E-state index < -0.39 is 7.14 Å². The van der Waals surface area contributed by atoms with Crippen LogP contribution in [0.15, 0.2) is 144 Å². The Morgan fingerprint density at radius 2 is 1.13 bits per heavy atom. The van der Waals surface area contributed by atoms with Crippen LogP contribution in [0.1, 0.15) is 43.2 Å². The molecule has 2 heteroatoms. The van der Waals surface area contributed by atoms with Crippen LogP contribution in [-0.2, 0) is 4.57 Å². The van der Waals surface area contributed by atoms with Crippen molar-refractivity contribution in [2.45, 2.75) is 32.1 Å². The molecule has 0 bridgehead atoms. The van der Waals surface area contributed by atoms with Gasteiger partial charge in [-0.25, -0.2) is 0 Å². The van der Waals surface area contributed by atoms with Gasteiger partial charge in [0.2, 0.25) is 0 Å². The van der Waals surface area contributed by atoms with Crippen molar-refractivity contribution >= 4 is 23.1 Å². The summed E-state index contributed by atoms with van der Waals surface area (Å²) in [5.74, 6) is 6.83. The van der Waals surface area contributed by atoms with Crippen LogP contribution in [-0.4, -0.2) is 0 Å². The van der Waals surface area contributed by atoms with Crippen molar-refractivity contribution < 1.29 is 4.57 Å². The van der Waals surface area contributed by atoms with Crippen LogP contribution in [0.4, 0.5) is 0 Å². The summed E-state index contributed by atoms with van der Waals surface area (Å²) in [5, 5.41) is 2.34. The molecule has 0 saturated carbocycles. The average molecular weight is 511 g/mol. The molecule has 0 aromatic heterocycles. The average Bonchev–Trinajstić information content (AvgIpc) is 3.23. The molecule has 0 saturated heterocycles. The molecule has 0 amide bonds. The fraction of sp³-hybridized carbons (Fsp3) is 0.139. The Hall–Kier alpha value is -4.07. The molecule has 0 spiro atoms. The molecule has 38 heavy (non-hydrogen) atoms. The number of rotatable bonds is 5. The van der Waals surface area contributed by atoms with Gasteiger partial charge in [-0.1, -0.05) is 127 Å². The summed E-state index contributed by atoms with van der Waals surface area (Å²) in [6.45, 7) is 0. The minimum absolute atomic E-state index is 0.725. The van der Waals surface area contributed by atoms with Crippen LogP contribution in [0.25, 0.3) is 5.31 Å². The van der Waals surface area contributed by atoms with Gasteiger partial charge in [-0.05, 0) is 55.0 Å². The van der Waals surface area contributed by atoms with E-state index in [1.807, 2.05) is 121 Å². The third kappa shape index (κ3) is 5.90. The molecular weight excluding hydrogens is 479 g/mol. The molecule has 0 N–H and O–H groups in total. The molecule has 1 aliphatic rings. The quantitative estimate of drug-likeness (QED) is 0.149. The Balaban J connectivity index is 1.73. The molecule has 186 valence electrons. The highest BCUT2D eigenvalue weighted by Gasteiger charge is 2.32. The number of hydrogen-bond acceptors (Lipinski definition) is 1. The molecule has 4 aromatic rings. The van der Waals surface area contributed by atoms with Gasteiger partial charge in [-0.3, -0.25) is 0 Å². The lowest BCUT2D eigenvalue weighted by atomic mass is 10.0. The van der Waals surface area contributed by atoms with Crippen molar-refractivity contribution in [1.29, 1.82) is 0 Å². The van der Waals surface area contributed by atoms with E-state index in [1.54, 1.807) is 0 Å². The van der Waals surface area contributed by atoms with E-state index in [1.165, 1.54) is 17.6 Å². The van der Waals surface area contributed by atoms with E-state index in [2.05, 4.69) is 23.6 Å². The lowest BCUT2D eigenvalue weighted by Crippen LogP contribution is -2.16. The number of benzene rings is 4. The summed E-state index contributed by atoms with van der Waals surface area (Å²) < 4.78 is 15.3. The maximum Gasteiger partial charge on any atom is 0.179 e. The number of allylic oxidation sites excluding steroid dienone is 3. The van der Waals surface area contributed by atoms with Crippen LogP contribution in [0.2, 0.25) is 0 Å². The van der Waals surface area contributed by atoms with Crippen molar-refractivity contribution in [2.24, 2.45) is 0 Å². The van der Waals surface area contributed by atoms with Gasteiger partial charge < -0.3 is 4.57 Å². The van der Waals surface area contributed by atoms with Crippen LogP contribution < -0.4 is 10.6 Å². The summed E-state index contributed by atoms with van der Waals surface area (Å²) in [6, 6.07) is 39.9. The van der Waals surface area contributed by atoms with Gasteiger partial charge in [0.25, 0.3) is 0 Å². The molecular formula is C36H31OP. The first-order chi connectivity index (χ1) is 18.7. The van der Waals surface area contributed by atoms with E-state index in [4.69, 9.17) is 0 Å². The maximum absolute atomic E-state index is 15.3. The number of hydrogen-bond donors (Lipinski definition) is 0. The zero-order valence-electron chi connectivity index (χ0n) is 21.5. The second kappa shape index (κ2) is 12.4. The summed E-state index contributed by atoms with van der Waals surface area (Å²) >= 11 is 0. The molecule has 1 aliphatic carbocycles. The summed E-state index contributed by atoms with van der Waals surface area (Å²) in [5.41, 5.74) is 7.91. The third-order valence-electron chi connectivity index (χ3n) is 6.88. The van der Waals surface area contributed by atoms with Gasteiger partial charge in [0.1, 0.15) is 0 Å². The van der Waals surface area contributed by atoms with Gasteiger partial charge >= 0.3 is 0 Å². The molecule has 1 nitrogen and oxygen atoms in total. The van der Waals surface area contributed by atoms with E-state index in [0.717, 1.165) is 52.7 Å². The Bertz CT molecular complexity index is 1520. The molecule has 0 aliphatic heterocycles. The highest BCUT2D eigenvalue weighted by molar-refractivity contribution is 7.87. The van der Waals surface area contributed by atoms with Gasteiger partial charge in [-0.15, -0.1) is 5.73 Å². The van der Waals surface area contributed by atoms with Crippen molar-refractivity contribution in [1.82, 2.24) is 0 Å². The topological polar surface area (TPSA) is 17.1 Å². The molecule has 0 heterocycles. The smallest absolute Gasteiger partial charge is 0.179 e. The first-order valence-corrected chi connectivity index (χ1v) is 15.0. The monoisotopic (exact) mass is 510 g/mol. The zero-order chi connectivity index (χ0) is 26.0. The SMILES string of the molecule is O=P(C(=C=CC1=C(C#Cc2ccccc2)CCCCC1)c1ccccc1)(c1ccccc1)c1ccccc1. The lowest BCUT2D eigenvalue weighted by molar-refractivity contribution is 0.593. The Kier molecular flexibility index (Phi) is 8.38. The normalized spacial score (nSPS) is 13.5. The molecule has 0 fully saturated rings. The third-order valence-corrected chi connectivity index (χ3v) is 9.94. The highest BCUT2D eigenvalue weighted by Crippen LogP contribution is 2.56. The van der Waals surface area contributed by atoms with E-state index >= 15 is 4.57 Å². The van der Waals surface area contributed by atoms with Crippen LogP contribution >= 0.6 is 7.14 Å². The summed E-state index contributed by atoms with van der Waals surface area (Å²) in [7, 11) is -3.20. The van der Waals surface area contributed by atoms with Crippen molar-refractivity contribution in [3.63, 3.8) is 0 Å². The van der Waals surface area contributed by atoms with Gasteiger partial charge in [0, 0.05) is 21.7 Å². The fourth-order valence-electron chi connectivity index (χ4n) is 4.87. The van der Waals surface area contributed by atoms with Gasteiger partial charge in [0.05, 0.1) is 5.31 Å². The van der Waals surface area contributed by atoms with Crippen LogP contribution in [0, 0.1) is 11.8 Å². The lowest BCUT2D eigenvalue weighted by Gasteiger charge is -2.21. The molecule has 4 aromatic carbocycles. The molecule has 0 radical (unpaired) electrons. The fourth-order valence-corrected chi connectivity index (χ4v) is 7.62. The molecule has 0 atom stereocenters. The minimum Gasteiger partial charge on any atom is -0.308 e. The van der Waals surface area contributed by atoms with Crippen LogP contribution in [0.3, 0.4) is 0 Å². The van der Waals surface area contributed by atoms with E-state index in [0.29, 0.717) is 0 Å². The standard InChI is InChI=1S/C36H31OP/c37-38(34-22-12-4-13-23-34,35-24-14-5-15-25-35)36(33-20-10-3-11-21-33)29-28-32-19-9-2-8-18-31(32)27-26-30-16-6-1-7-17-30/h1,3-7,10-17,20-25,28H,2,8-9,18-19H2.